The number of piperazine rings is 1. The predicted molar refractivity (Wildman–Crippen MR) is 117 cm³/mol. The second kappa shape index (κ2) is 8.70. The molecule has 5 nitrogen and oxygen atoms in total. The van der Waals surface area contributed by atoms with Gasteiger partial charge in [-0.1, -0.05) is 30.3 Å². The van der Waals surface area contributed by atoms with Crippen LogP contribution < -0.4 is 4.90 Å². The summed E-state index contributed by atoms with van der Waals surface area (Å²) in [6, 6.07) is 18.8. The molecule has 1 saturated heterocycles. The highest BCUT2D eigenvalue weighted by Crippen LogP contribution is 2.27. The van der Waals surface area contributed by atoms with E-state index in [0.717, 1.165) is 43.7 Å². The van der Waals surface area contributed by atoms with Crippen LogP contribution in [0.1, 0.15) is 30.0 Å². The van der Waals surface area contributed by atoms with Crippen LogP contribution in [0.4, 0.5) is 5.69 Å². The molecular weight excluding hydrogens is 362 g/mol. The van der Waals surface area contributed by atoms with Crippen molar-refractivity contribution in [2.75, 3.05) is 44.2 Å². The molecule has 1 aliphatic rings. The maximum Gasteiger partial charge on any atom is 0.289 e. The van der Waals surface area contributed by atoms with Crippen LogP contribution in [0, 0.1) is 0 Å². The maximum atomic E-state index is 12.6. The molecule has 0 N–H and O–H groups in total. The highest BCUT2D eigenvalue weighted by atomic mass is 16.3. The van der Waals surface area contributed by atoms with Crippen LogP contribution >= 0.6 is 0 Å². The molecule has 0 saturated carbocycles. The number of hydrogen-bond acceptors (Lipinski definition) is 4. The molecular formula is C24H29N3O2. The Hall–Kier alpha value is -2.79. The number of amides is 1. The molecule has 1 aromatic heterocycles. The third kappa shape index (κ3) is 4.30. The van der Waals surface area contributed by atoms with Gasteiger partial charge in [0.2, 0.25) is 0 Å². The van der Waals surface area contributed by atoms with Crippen molar-refractivity contribution in [3.8, 4) is 0 Å². The fourth-order valence-electron chi connectivity index (χ4n) is 4.01. The Labute approximate surface area is 172 Å². The van der Waals surface area contributed by atoms with Crippen molar-refractivity contribution in [2.24, 2.45) is 0 Å². The van der Waals surface area contributed by atoms with Crippen molar-refractivity contribution in [1.82, 2.24) is 9.80 Å². The van der Waals surface area contributed by atoms with Gasteiger partial charge >= 0.3 is 0 Å². The molecule has 1 fully saturated rings. The number of nitrogens with zero attached hydrogens (tertiary/aromatic N) is 3. The lowest BCUT2D eigenvalue weighted by atomic mass is 10.1. The van der Waals surface area contributed by atoms with Gasteiger partial charge in [0.05, 0.1) is 0 Å². The largest absolute Gasteiger partial charge is 0.451 e. The molecule has 1 aliphatic heterocycles. The summed E-state index contributed by atoms with van der Waals surface area (Å²) < 4.78 is 5.82. The second-order valence-electron chi connectivity index (χ2n) is 7.56. The van der Waals surface area contributed by atoms with Crippen molar-refractivity contribution in [3.05, 3.63) is 65.9 Å². The molecule has 1 amide bonds. The minimum absolute atomic E-state index is 0.0396. The summed E-state index contributed by atoms with van der Waals surface area (Å²) in [5.41, 5.74) is 3.33. The van der Waals surface area contributed by atoms with E-state index < -0.39 is 0 Å². The van der Waals surface area contributed by atoms with E-state index in [2.05, 4.69) is 52.3 Å². The number of carbonyl (C=O) groups excluding carboxylic acids is 1. The first-order chi connectivity index (χ1) is 14.2. The van der Waals surface area contributed by atoms with E-state index in [4.69, 9.17) is 4.42 Å². The number of benzene rings is 2. The summed E-state index contributed by atoms with van der Waals surface area (Å²) in [5.74, 6) is 0.385. The molecule has 0 spiro atoms. The van der Waals surface area contributed by atoms with Gasteiger partial charge in [0.1, 0.15) is 5.58 Å². The van der Waals surface area contributed by atoms with Crippen LogP contribution in [0.5, 0.6) is 0 Å². The first kappa shape index (κ1) is 19.5. The highest BCUT2D eigenvalue weighted by Gasteiger charge is 2.20. The number of anilines is 1. The molecule has 0 atom stereocenters. The number of fused-ring (bicyclic) bond motifs is 1. The van der Waals surface area contributed by atoms with E-state index >= 15 is 0 Å². The molecule has 2 aromatic carbocycles. The Morgan fingerprint density at radius 1 is 0.966 bits per heavy atom. The minimum atomic E-state index is -0.0396. The van der Waals surface area contributed by atoms with Crippen molar-refractivity contribution in [3.63, 3.8) is 0 Å². The standard InChI is InChI=1S/C24H29N3O2/c1-3-26(4-2)24(28)23-17-20-16-21(10-11-22(20)29-23)27-14-12-25(13-15-27)18-19-8-6-5-7-9-19/h5-11,16-17H,3-4,12-15,18H2,1-2H3. The summed E-state index contributed by atoms with van der Waals surface area (Å²) in [6.45, 7) is 10.4. The fourth-order valence-corrected chi connectivity index (χ4v) is 4.01. The number of carbonyl (C=O) groups is 1. The summed E-state index contributed by atoms with van der Waals surface area (Å²) in [6.07, 6.45) is 0. The van der Waals surface area contributed by atoms with E-state index in [-0.39, 0.29) is 5.91 Å². The van der Waals surface area contributed by atoms with Crippen molar-refractivity contribution in [1.29, 1.82) is 0 Å². The van der Waals surface area contributed by atoms with Gasteiger partial charge in [-0.3, -0.25) is 9.69 Å². The zero-order chi connectivity index (χ0) is 20.2. The average Bonchev–Trinajstić information content (AvgIpc) is 3.19. The lowest BCUT2D eigenvalue weighted by Crippen LogP contribution is -2.45. The van der Waals surface area contributed by atoms with E-state index in [0.29, 0.717) is 18.8 Å². The summed E-state index contributed by atoms with van der Waals surface area (Å²) in [7, 11) is 0. The molecule has 5 heteroatoms. The van der Waals surface area contributed by atoms with Gasteiger partial charge in [0.15, 0.2) is 5.76 Å². The first-order valence-electron chi connectivity index (χ1n) is 10.5. The smallest absolute Gasteiger partial charge is 0.289 e. The molecule has 152 valence electrons. The topological polar surface area (TPSA) is 39.9 Å². The lowest BCUT2D eigenvalue weighted by molar-refractivity contribution is 0.0743. The highest BCUT2D eigenvalue weighted by molar-refractivity contribution is 5.96. The van der Waals surface area contributed by atoms with E-state index in [1.54, 1.807) is 4.90 Å². The second-order valence-corrected chi connectivity index (χ2v) is 7.56. The van der Waals surface area contributed by atoms with Crippen molar-refractivity contribution in [2.45, 2.75) is 20.4 Å². The van der Waals surface area contributed by atoms with Gasteiger partial charge in [-0.15, -0.1) is 0 Å². The molecule has 4 rings (SSSR count). The summed E-state index contributed by atoms with van der Waals surface area (Å²) in [4.78, 5) is 19.3. The number of hydrogen-bond donors (Lipinski definition) is 0. The zero-order valence-electron chi connectivity index (χ0n) is 17.3. The maximum absolute atomic E-state index is 12.6. The Kier molecular flexibility index (Phi) is 5.86. The molecule has 29 heavy (non-hydrogen) atoms. The molecule has 0 radical (unpaired) electrons. The number of rotatable bonds is 6. The van der Waals surface area contributed by atoms with Crippen LogP contribution in [0.25, 0.3) is 11.0 Å². The van der Waals surface area contributed by atoms with Gasteiger partial charge in [-0.25, -0.2) is 0 Å². The van der Waals surface area contributed by atoms with Gasteiger partial charge in [-0.05, 0) is 43.7 Å². The summed E-state index contributed by atoms with van der Waals surface area (Å²) in [5, 5.41) is 0.990. The van der Waals surface area contributed by atoms with Crippen molar-refractivity contribution < 1.29 is 9.21 Å². The monoisotopic (exact) mass is 391 g/mol. The Morgan fingerprint density at radius 3 is 2.38 bits per heavy atom. The number of furan rings is 1. The van der Waals surface area contributed by atoms with Crippen LogP contribution in [0.15, 0.2) is 59.0 Å². The first-order valence-corrected chi connectivity index (χ1v) is 10.5. The third-order valence-electron chi connectivity index (χ3n) is 5.75. The SMILES string of the molecule is CCN(CC)C(=O)c1cc2cc(N3CCN(Cc4ccccc4)CC3)ccc2o1. The van der Waals surface area contributed by atoms with Gasteiger partial charge in [-0.2, -0.15) is 0 Å². The van der Waals surface area contributed by atoms with E-state index in [9.17, 15) is 4.79 Å². The molecule has 0 aliphatic carbocycles. The van der Waals surface area contributed by atoms with E-state index in [1.807, 2.05) is 26.0 Å². The molecule has 3 aromatic rings. The van der Waals surface area contributed by atoms with Gasteiger partial charge < -0.3 is 14.2 Å². The fraction of sp³-hybridized carbons (Fsp3) is 0.375. The minimum Gasteiger partial charge on any atom is -0.451 e. The molecule has 0 unspecified atom stereocenters. The average molecular weight is 392 g/mol. The Morgan fingerprint density at radius 2 is 1.69 bits per heavy atom. The summed E-state index contributed by atoms with van der Waals surface area (Å²) >= 11 is 0. The molecule has 2 heterocycles. The van der Waals surface area contributed by atoms with E-state index in [1.165, 1.54) is 11.3 Å². The third-order valence-corrected chi connectivity index (χ3v) is 5.75. The van der Waals surface area contributed by atoms with Gasteiger partial charge in [0, 0.05) is 56.9 Å². The quantitative estimate of drug-likeness (QED) is 0.630. The Balaban J connectivity index is 1.43. The lowest BCUT2D eigenvalue weighted by Gasteiger charge is -2.36. The molecule has 0 bridgehead atoms. The normalized spacial score (nSPS) is 15.0. The van der Waals surface area contributed by atoms with Crippen LogP contribution in [0.3, 0.4) is 0 Å². The zero-order valence-corrected chi connectivity index (χ0v) is 17.3. The van der Waals surface area contributed by atoms with Crippen LogP contribution in [-0.2, 0) is 6.54 Å². The van der Waals surface area contributed by atoms with Gasteiger partial charge in [0.25, 0.3) is 5.91 Å². The predicted octanol–water partition coefficient (Wildman–Crippen LogP) is 4.24. The van der Waals surface area contributed by atoms with Crippen LogP contribution in [0.2, 0.25) is 0 Å². The Bertz CT molecular complexity index is 955. The van der Waals surface area contributed by atoms with Crippen LogP contribution in [-0.4, -0.2) is 55.0 Å². The van der Waals surface area contributed by atoms with Crippen molar-refractivity contribution >= 4 is 22.6 Å².